The Kier molecular flexibility index (Phi) is 2.75. The van der Waals surface area contributed by atoms with Crippen molar-refractivity contribution in [3.05, 3.63) is 0 Å². The van der Waals surface area contributed by atoms with Crippen LogP contribution in [0.5, 0.6) is 0 Å². The number of hydrogen-bond donors (Lipinski definition) is 2. The molecule has 10 heteroatoms. The van der Waals surface area contributed by atoms with E-state index in [2.05, 4.69) is 41.4 Å². The van der Waals surface area contributed by atoms with Crippen LogP contribution in [0.15, 0.2) is 41.4 Å². The summed E-state index contributed by atoms with van der Waals surface area (Å²) < 4.78 is 0. The minimum Gasteiger partial charge on any atom is -0.389 e. The van der Waals surface area contributed by atoms with Crippen molar-refractivity contribution in [2.75, 3.05) is 0 Å². The van der Waals surface area contributed by atoms with Gasteiger partial charge < -0.3 is 10.2 Å². The molecule has 0 aromatic heterocycles. The van der Waals surface area contributed by atoms with Crippen molar-refractivity contribution in [1.29, 1.82) is 0 Å². The quantitative estimate of drug-likeness (QED) is 0.761. The normalized spacial score (nSPS) is 26.6. The van der Waals surface area contributed by atoms with Gasteiger partial charge in [0.2, 0.25) is 11.3 Å². The van der Waals surface area contributed by atoms with Crippen molar-refractivity contribution in [2.24, 2.45) is 41.4 Å². The molecule has 0 radical (unpaired) electrons. The first-order valence-electron chi connectivity index (χ1n) is 5.05. The molecule has 0 amide bonds. The monoisotopic (exact) mass is 240 g/mol. The van der Waals surface area contributed by atoms with Gasteiger partial charge in [-0.25, -0.2) is 0 Å². The van der Waals surface area contributed by atoms with Gasteiger partial charge in [-0.05, 0) is 34.7 Å². The van der Waals surface area contributed by atoms with Crippen LogP contribution in [0.2, 0.25) is 0 Å². The SMILES string of the molecule is CC(O)C1(CC2(C(C)O)N=NN=N2)N=NN=N1. The summed E-state index contributed by atoms with van der Waals surface area (Å²) >= 11 is 0. The molecule has 0 bridgehead atoms. The molecule has 2 N–H and O–H groups in total. The van der Waals surface area contributed by atoms with E-state index in [4.69, 9.17) is 0 Å². The van der Waals surface area contributed by atoms with Gasteiger partial charge in [0.05, 0.1) is 6.42 Å². The van der Waals surface area contributed by atoms with Gasteiger partial charge in [-0.1, -0.05) is 0 Å². The molecule has 2 heterocycles. The van der Waals surface area contributed by atoms with Gasteiger partial charge in [-0.2, -0.15) is 0 Å². The van der Waals surface area contributed by atoms with E-state index < -0.39 is 23.5 Å². The van der Waals surface area contributed by atoms with Gasteiger partial charge in [0.1, 0.15) is 12.2 Å². The molecule has 0 saturated heterocycles. The largest absolute Gasteiger partial charge is 0.389 e. The third-order valence-electron chi connectivity index (χ3n) is 2.81. The van der Waals surface area contributed by atoms with Crippen LogP contribution in [0.3, 0.4) is 0 Å². The molecule has 17 heavy (non-hydrogen) atoms. The number of aliphatic hydroxyl groups excluding tert-OH is 2. The summed E-state index contributed by atoms with van der Waals surface area (Å²) in [6, 6.07) is 0. The van der Waals surface area contributed by atoms with Gasteiger partial charge in [0.25, 0.3) is 0 Å². The highest BCUT2D eigenvalue weighted by Crippen LogP contribution is 2.39. The Bertz CT molecular complexity index is 350. The number of rotatable bonds is 4. The molecule has 2 aliphatic heterocycles. The van der Waals surface area contributed by atoms with Gasteiger partial charge in [0.15, 0.2) is 0 Å². The Labute approximate surface area is 96.2 Å². The van der Waals surface area contributed by atoms with Crippen LogP contribution >= 0.6 is 0 Å². The Morgan fingerprint density at radius 3 is 1.29 bits per heavy atom. The Morgan fingerprint density at radius 2 is 1.06 bits per heavy atom. The molecular weight excluding hydrogens is 228 g/mol. The van der Waals surface area contributed by atoms with E-state index in [-0.39, 0.29) is 6.42 Å². The fraction of sp³-hybridized carbons (Fsp3) is 1.00. The average molecular weight is 240 g/mol. The zero-order valence-corrected chi connectivity index (χ0v) is 9.33. The standard InChI is InChI=1S/C7H12N8O2/c1-4(16)6(8-12-13-9-6)3-7(5(2)17)10-14-15-11-7/h4-5,16-17H,3H2,1-2H3. The van der Waals surface area contributed by atoms with E-state index >= 15 is 0 Å². The molecule has 0 aromatic carbocycles. The van der Waals surface area contributed by atoms with E-state index in [1.54, 1.807) is 0 Å². The molecule has 2 aliphatic rings. The number of hydrogen-bond acceptors (Lipinski definition) is 10. The van der Waals surface area contributed by atoms with Crippen LogP contribution in [0.4, 0.5) is 0 Å². The predicted octanol–water partition coefficient (Wildman–Crippen LogP) is 1.20. The molecule has 2 rings (SSSR count). The van der Waals surface area contributed by atoms with Gasteiger partial charge >= 0.3 is 0 Å². The second-order valence-electron chi connectivity index (χ2n) is 4.04. The first-order valence-corrected chi connectivity index (χ1v) is 5.05. The van der Waals surface area contributed by atoms with E-state index in [9.17, 15) is 10.2 Å². The Hall–Kier alpha value is -1.68. The summed E-state index contributed by atoms with van der Waals surface area (Å²) in [5.41, 5.74) is -2.58. The lowest BCUT2D eigenvalue weighted by Crippen LogP contribution is -2.47. The summed E-state index contributed by atoms with van der Waals surface area (Å²) in [5, 5.41) is 48.1. The second kappa shape index (κ2) is 3.96. The van der Waals surface area contributed by atoms with Crippen LogP contribution in [0.1, 0.15) is 20.3 Å². The van der Waals surface area contributed by atoms with Gasteiger partial charge in [0, 0.05) is 0 Å². The van der Waals surface area contributed by atoms with E-state index in [0.717, 1.165) is 0 Å². The number of aliphatic hydroxyl groups is 2. The van der Waals surface area contributed by atoms with Crippen LogP contribution in [0, 0.1) is 0 Å². The Balaban J connectivity index is 2.30. The fourth-order valence-corrected chi connectivity index (χ4v) is 1.58. The highest BCUT2D eigenvalue weighted by atomic mass is 16.3. The van der Waals surface area contributed by atoms with E-state index in [0.29, 0.717) is 0 Å². The lowest BCUT2D eigenvalue weighted by atomic mass is 9.89. The molecule has 0 saturated carbocycles. The molecule has 92 valence electrons. The van der Waals surface area contributed by atoms with Gasteiger partial charge in [-0.3, -0.25) is 0 Å². The maximum atomic E-state index is 9.73. The van der Waals surface area contributed by atoms with Crippen LogP contribution in [0.25, 0.3) is 0 Å². The zero-order valence-electron chi connectivity index (χ0n) is 9.33. The van der Waals surface area contributed by atoms with Crippen molar-refractivity contribution >= 4 is 0 Å². The average Bonchev–Trinajstić information content (AvgIpc) is 2.88. The summed E-state index contributed by atoms with van der Waals surface area (Å²) in [7, 11) is 0. The topological polar surface area (TPSA) is 139 Å². The highest BCUT2D eigenvalue weighted by molar-refractivity contribution is 5.02. The molecule has 2 unspecified atom stereocenters. The molecular formula is C7H12N8O2. The third kappa shape index (κ3) is 1.85. The smallest absolute Gasteiger partial charge is 0.224 e. The summed E-state index contributed by atoms with van der Waals surface area (Å²) in [6.07, 6.45) is -1.90. The maximum absolute atomic E-state index is 9.73. The summed E-state index contributed by atoms with van der Waals surface area (Å²) in [4.78, 5) is 0. The van der Waals surface area contributed by atoms with Gasteiger partial charge in [-0.15, -0.1) is 20.5 Å². The minimum atomic E-state index is -1.29. The maximum Gasteiger partial charge on any atom is 0.224 e. The van der Waals surface area contributed by atoms with E-state index in [1.807, 2.05) is 0 Å². The van der Waals surface area contributed by atoms with Crippen LogP contribution < -0.4 is 0 Å². The molecule has 0 spiro atoms. The van der Waals surface area contributed by atoms with Crippen molar-refractivity contribution in [3.8, 4) is 0 Å². The minimum absolute atomic E-state index is 0.00463. The Morgan fingerprint density at radius 1 is 0.765 bits per heavy atom. The summed E-state index contributed by atoms with van der Waals surface area (Å²) in [6.45, 7) is 3.00. The molecule has 0 aromatic rings. The molecule has 2 atom stereocenters. The second-order valence-corrected chi connectivity index (χ2v) is 4.04. The zero-order chi connectivity index (χ0) is 12.5. The lowest BCUT2D eigenvalue weighted by Gasteiger charge is -2.30. The van der Waals surface area contributed by atoms with Crippen molar-refractivity contribution in [1.82, 2.24) is 0 Å². The van der Waals surface area contributed by atoms with Crippen molar-refractivity contribution in [3.63, 3.8) is 0 Å². The van der Waals surface area contributed by atoms with Crippen molar-refractivity contribution < 1.29 is 10.2 Å². The predicted molar refractivity (Wildman–Crippen MR) is 52.9 cm³/mol. The van der Waals surface area contributed by atoms with E-state index in [1.165, 1.54) is 13.8 Å². The van der Waals surface area contributed by atoms with Crippen molar-refractivity contribution in [2.45, 2.75) is 43.8 Å². The third-order valence-corrected chi connectivity index (χ3v) is 2.81. The highest BCUT2D eigenvalue weighted by Gasteiger charge is 2.51. The molecule has 0 aliphatic carbocycles. The fourth-order valence-electron chi connectivity index (χ4n) is 1.58. The lowest BCUT2D eigenvalue weighted by molar-refractivity contribution is 0.0401. The summed E-state index contributed by atoms with van der Waals surface area (Å²) in [5.74, 6) is 0. The molecule has 0 fully saturated rings. The first kappa shape index (κ1) is 11.8. The van der Waals surface area contributed by atoms with Crippen LogP contribution in [-0.4, -0.2) is 33.7 Å². The van der Waals surface area contributed by atoms with Crippen LogP contribution in [-0.2, 0) is 0 Å². The molecule has 10 nitrogen and oxygen atoms in total. The first-order chi connectivity index (χ1) is 8.01. The number of nitrogens with zero attached hydrogens (tertiary/aromatic N) is 8.